The van der Waals surface area contributed by atoms with Crippen LogP contribution < -0.4 is 4.74 Å². The van der Waals surface area contributed by atoms with E-state index in [-0.39, 0.29) is 0 Å². The third-order valence-electron chi connectivity index (χ3n) is 8.57. The fourth-order valence-corrected chi connectivity index (χ4v) is 6.32. The van der Waals surface area contributed by atoms with E-state index in [1.165, 1.54) is 7.11 Å². The van der Waals surface area contributed by atoms with E-state index in [4.69, 9.17) is 14.2 Å². The summed E-state index contributed by atoms with van der Waals surface area (Å²) >= 11 is 0. The maximum atomic E-state index is 13.5. The first-order chi connectivity index (χ1) is 20.9. The van der Waals surface area contributed by atoms with E-state index in [0.717, 1.165) is 71.2 Å². The van der Waals surface area contributed by atoms with Gasteiger partial charge in [0.05, 0.1) is 31.4 Å². The van der Waals surface area contributed by atoms with E-state index in [2.05, 4.69) is 6.07 Å². The molecule has 0 unspecified atom stereocenters. The van der Waals surface area contributed by atoms with Gasteiger partial charge in [-0.05, 0) is 116 Å². The van der Waals surface area contributed by atoms with Gasteiger partial charge in [0, 0.05) is 12.1 Å². The van der Waals surface area contributed by atoms with Gasteiger partial charge in [-0.25, -0.2) is 9.59 Å². The van der Waals surface area contributed by atoms with Crippen molar-refractivity contribution in [3.05, 3.63) is 93.6 Å². The van der Waals surface area contributed by atoms with Crippen LogP contribution in [0.25, 0.3) is 16.7 Å². The number of carbonyl (C=O) groups excluding carboxylic acids is 2. The van der Waals surface area contributed by atoms with Gasteiger partial charge in [0.1, 0.15) is 11.9 Å². The van der Waals surface area contributed by atoms with Gasteiger partial charge in [0.15, 0.2) is 0 Å². The van der Waals surface area contributed by atoms with Crippen LogP contribution in [0.4, 0.5) is 18.0 Å². The number of rotatable bonds is 7. The quantitative estimate of drug-likeness (QED) is 0.252. The van der Waals surface area contributed by atoms with Gasteiger partial charge in [0.25, 0.3) is 0 Å². The Bertz CT molecular complexity index is 1630. The van der Waals surface area contributed by atoms with Crippen LogP contribution in [0.5, 0.6) is 5.75 Å². The van der Waals surface area contributed by atoms with Crippen molar-refractivity contribution in [3.8, 4) is 16.9 Å². The minimum Gasteiger partial charge on any atom is -0.496 e. The zero-order valence-electron chi connectivity index (χ0n) is 25.5. The third kappa shape index (κ3) is 6.18. The molecule has 3 aromatic carbocycles. The first kappa shape index (κ1) is 31.2. The van der Waals surface area contributed by atoms with E-state index in [1.807, 2.05) is 32.0 Å². The Balaban J connectivity index is 1.48. The lowest BCUT2D eigenvalue weighted by atomic mass is 9.85. The Morgan fingerprint density at radius 1 is 0.977 bits per heavy atom. The first-order valence-corrected chi connectivity index (χ1v) is 14.7. The molecular weight excluding hydrogens is 571 g/mol. The zero-order valence-corrected chi connectivity index (χ0v) is 25.5. The van der Waals surface area contributed by atoms with E-state index in [9.17, 15) is 22.8 Å². The monoisotopic (exact) mass is 607 g/mol. The van der Waals surface area contributed by atoms with Gasteiger partial charge in [0.2, 0.25) is 0 Å². The molecule has 1 heterocycles. The number of halogens is 3. The summed E-state index contributed by atoms with van der Waals surface area (Å²) in [6.45, 7) is 5.67. The maximum Gasteiger partial charge on any atom is 0.416 e. The smallest absolute Gasteiger partial charge is 0.416 e. The third-order valence-corrected chi connectivity index (χ3v) is 8.57. The molecule has 1 aliphatic heterocycles. The highest BCUT2D eigenvalue weighted by atomic mass is 19.4. The Morgan fingerprint density at radius 2 is 1.73 bits per heavy atom. The molecular formula is C35H36F3NO5. The largest absolute Gasteiger partial charge is 0.496 e. The maximum absolute atomic E-state index is 13.5. The van der Waals surface area contributed by atoms with Crippen LogP contribution in [0.1, 0.15) is 76.9 Å². The molecule has 3 aromatic rings. The van der Waals surface area contributed by atoms with Gasteiger partial charge >= 0.3 is 18.2 Å². The summed E-state index contributed by atoms with van der Waals surface area (Å²) in [5, 5.41) is 0. The number of hydrogen-bond acceptors (Lipinski definition) is 5. The van der Waals surface area contributed by atoms with Crippen molar-refractivity contribution in [2.75, 3.05) is 20.8 Å². The Labute approximate surface area is 255 Å². The van der Waals surface area contributed by atoms with Crippen molar-refractivity contribution >= 4 is 17.6 Å². The van der Waals surface area contributed by atoms with Crippen molar-refractivity contribution < 1.29 is 37.0 Å². The van der Waals surface area contributed by atoms with E-state index in [0.29, 0.717) is 29.0 Å². The normalized spacial score (nSPS) is 18.8. The van der Waals surface area contributed by atoms with Crippen LogP contribution >= 0.6 is 0 Å². The molecule has 1 fully saturated rings. The lowest BCUT2D eigenvalue weighted by Crippen LogP contribution is -2.34. The predicted octanol–water partition coefficient (Wildman–Crippen LogP) is 8.69. The van der Waals surface area contributed by atoms with Crippen molar-refractivity contribution in [1.29, 1.82) is 0 Å². The topological polar surface area (TPSA) is 65.1 Å². The molecule has 1 amide bonds. The lowest BCUT2D eigenvalue weighted by molar-refractivity contribution is -0.137. The predicted molar refractivity (Wildman–Crippen MR) is 161 cm³/mol. The number of esters is 1. The summed E-state index contributed by atoms with van der Waals surface area (Å²) in [6, 6.07) is 14.8. The van der Waals surface area contributed by atoms with E-state index >= 15 is 0 Å². The van der Waals surface area contributed by atoms with Gasteiger partial charge in [-0.2, -0.15) is 13.2 Å². The number of hydrogen-bond donors (Lipinski definition) is 0. The minimum atomic E-state index is -4.50. The van der Waals surface area contributed by atoms with Gasteiger partial charge in [-0.15, -0.1) is 0 Å². The SMILES string of the molecule is COC(=O)c1ccc(-c2ccc(OC)c(C3=C(CN4C(=O)O[C@H](c5cc(C)cc(C(F)(F)F)c5)[C@@H]4C)CCCC3)c2)c(C)c1. The second-order valence-corrected chi connectivity index (χ2v) is 11.5. The summed E-state index contributed by atoms with van der Waals surface area (Å²) in [5.41, 5.74) is 6.46. The molecule has 0 N–H and O–H groups in total. The molecule has 232 valence electrons. The van der Waals surface area contributed by atoms with Crippen LogP contribution in [0.2, 0.25) is 0 Å². The number of benzene rings is 3. The number of methoxy groups -OCH3 is 2. The van der Waals surface area contributed by atoms with Gasteiger partial charge < -0.3 is 14.2 Å². The first-order valence-electron chi connectivity index (χ1n) is 14.7. The second kappa shape index (κ2) is 12.4. The highest BCUT2D eigenvalue weighted by Crippen LogP contribution is 2.42. The Hall–Kier alpha value is -4.27. The molecule has 9 heteroatoms. The fourth-order valence-electron chi connectivity index (χ4n) is 6.32. The highest BCUT2D eigenvalue weighted by Gasteiger charge is 2.41. The number of cyclic esters (lactones) is 1. The number of carbonyl (C=O) groups is 2. The summed E-state index contributed by atoms with van der Waals surface area (Å²) in [6.07, 6.45) is -2.35. The average molecular weight is 608 g/mol. The number of nitrogens with zero attached hydrogens (tertiary/aromatic N) is 1. The van der Waals surface area contributed by atoms with Crippen molar-refractivity contribution in [1.82, 2.24) is 4.90 Å². The lowest BCUT2D eigenvalue weighted by Gasteiger charge is -2.28. The van der Waals surface area contributed by atoms with E-state index in [1.54, 1.807) is 37.1 Å². The molecule has 0 spiro atoms. The molecule has 0 bridgehead atoms. The van der Waals surface area contributed by atoms with Crippen LogP contribution in [-0.4, -0.2) is 43.8 Å². The molecule has 2 atom stereocenters. The number of aryl methyl sites for hydroxylation is 2. The number of ether oxygens (including phenoxy) is 3. The standard InChI is InChI=1S/C35H36F3NO5/c1-20-14-26(17-27(15-20)35(36,37)38)32-22(3)39(34(41)44-32)19-25-8-6-7-9-29(25)30-18-23(11-13-31(30)42-4)28-12-10-24(16-21(28)2)33(40)43-5/h10-18,22,32H,6-9,19H2,1-5H3/t22-,32-/m0/s1. The molecule has 0 radical (unpaired) electrons. The number of amides is 1. The summed E-state index contributed by atoms with van der Waals surface area (Å²) in [7, 11) is 2.98. The highest BCUT2D eigenvalue weighted by molar-refractivity contribution is 5.91. The van der Waals surface area contributed by atoms with Crippen molar-refractivity contribution in [3.63, 3.8) is 0 Å². The Kier molecular flexibility index (Phi) is 8.77. The van der Waals surface area contributed by atoms with Crippen LogP contribution in [0.15, 0.2) is 60.2 Å². The molecule has 1 saturated heterocycles. The van der Waals surface area contributed by atoms with Crippen LogP contribution in [-0.2, 0) is 15.7 Å². The van der Waals surface area contributed by atoms with Crippen LogP contribution in [0, 0.1) is 13.8 Å². The van der Waals surface area contributed by atoms with Crippen molar-refractivity contribution in [2.24, 2.45) is 0 Å². The van der Waals surface area contributed by atoms with Gasteiger partial charge in [-0.1, -0.05) is 23.8 Å². The summed E-state index contributed by atoms with van der Waals surface area (Å²) < 4.78 is 56.9. The zero-order chi connectivity index (χ0) is 31.8. The van der Waals surface area contributed by atoms with Gasteiger partial charge in [-0.3, -0.25) is 4.90 Å². The Morgan fingerprint density at radius 3 is 2.41 bits per heavy atom. The average Bonchev–Trinajstić information content (AvgIpc) is 3.28. The number of alkyl halides is 3. The van der Waals surface area contributed by atoms with Crippen molar-refractivity contribution in [2.45, 2.75) is 64.8 Å². The molecule has 2 aliphatic rings. The summed E-state index contributed by atoms with van der Waals surface area (Å²) in [4.78, 5) is 26.8. The molecule has 0 saturated carbocycles. The van der Waals surface area contributed by atoms with Crippen LogP contribution in [0.3, 0.4) is 0 Å². The molecule has 1 aliphatic carbocycles. The number of allylic oxidation sites excluding steroid dienone is 1. The van der Waals surface area contributed by atoms with E-state index < -0.39 is 35.9 Å². The summed E-state index contributed by atoms with van der Waals surface area (Å²) in [5.74, 6) is 0.313. The molecule has 5 rings (SSSR count). The second-order valence-electron chi connectivity index (χ2n) is 11.5. The minimum absolute atomic E-state index is 0.310. The molecule has 6 nitrogen and oxygen atoms in total. The molecule has 44 heavy (non-hydrogen) atoms. The molecule has 0 aromatic heterocycles. The fraction of sp³-hybridized carbons (Fsp3) is 0.371.